The van der Waals surface area contributed by atoms with E-state index < -0.39 is 16.1 Å². The molecule has 0 atom stereocenters. The number of hydrogen-bond acceptors (Lipinski definition) is 6. The number of methoxy groups -OCH3 is 1. The highest BCUT2D eigenvalue weighted by atomic mass is 32.2. The highest BCUT2D eigenvalue weighted by Crippen LogP contribution is 2.36. The Labute approximate surface area is 207 Å². The Kier molecular flexibility index (Phi) is 10.8. The summed E-state index contributed by atoms with van der Waals surface area (Å²) in [7, 11) is -0.448. The van der Waals surface area contributed by atoms with Crippen molar-refractivity contribution >= 4 is 22.4 Å². The summed E-state index contributed by atoms with van der Waals surface area (Å²) < 4.78 is 46.7. The van der Waals surface area contributed by atoms with Crippen molar-refractivity contribution in [2.45, 2.75) is 38.0 Å². The summed E-state index contributed by atoms with van der Waals surface area (Å²) in [4.78, 5) is 21.9. The minimum absolute atomic E-state index is 0.181. The van der Waals surface area contributed by atoms with E-state index in [0.717, 1.165) is 11.8 Å². The molecule has 0 bridgehead atoms. The molecule has 35 heavy (non-hydrogen) atoms. The third kappa shape index (κ3) is 7.84. The van der Waals surface area contributed by atoms with Crippen LogP contribution in [0.4, 0.5) is 4.39 Å². The number of carbonyl (C=O) groups excluding carboxylic acids is 2. The maximum atomic E-state index is 13.6. The molecule has 2 N–H and O–H groups in total. The lowest BCUT2D eigenvalue weighted by Gasteiger charge is -2.41. The van der Waals surface area contributed by atoms with Crippen molar-refractivity contribution in [2.24, 2.45) is 0 Å². The third-order valence-corrected chi connectivity index (χ3v) is 7.49. The zero-order valence-corrected chi connectivity index (χ0v) is 21.2. The first-order valence-electron chi connectivity index (χ1n) is 11.5. The molecule has 2 aromatic carbocycles. The Balaban J connectivity index is 0.000000360. The van der Waals surface area contributed by atoms with Crippen LogP contribution in [0.15, 0.2) is 48.5 Å². The normalized spacial score (nSPS) is 15.4. The summed E-state index contributed by atoms with van der Waals surface area (Å²) >= 11 is 0. The van der Waals surface area contributed by atoms with Crippen LogP contribution in [0.3, 0.4) is 0 Å². The number of hydrogen-bond donors (Lipinski definition) is 2. The Morgan fingerprint density at radius 3 is 2.40 bits per heavy atom. The number of likely N-dealkylation sites (N-methyl/N-ethyl adjacent to an activating group) is 1. The zero-order chi connectivity index (χ0) is 25.9. The zero-order valence-electron chi connectivity index (χ0n) is 20.4. The maximum Gasteiger partial charge on any atom is 0.303 e. The van der Waals surface area contributed by atoms with Crippen LogP contribution in [0, 0.1) is 5.82 Å². The third-order valence-electron chi connectivity index (χ3n) is 5.96. The summed E-state index contributed by atoms with van der Waals surface area (Å²) in [5, 5.41) is 3.14. The summed E-state index contributed by atoms with van der Waals surface area (Å²) in [6, 6.07) is 13.6. The lowest BCUT2D eigenvalue weighted by atomic mass is 9.73. The number of carbonyl (C=O) groups is 2. The predicted molar refractivity (Wildman–Crippen MR) is 133 cm³/mol. The number of amides is 1. The van der Waals surface area contributed by atoms with Crippen molar-refractivity contribution in [2.75, 3.05) is 33.8 Å². The van der Waals surface area contributed by atoms with E-state index >= 15 is 0 Å². The highest BCUT2D eigenvalue weighted by molar-refractivity contribution is 7.87. The number of rotatable bonds is 9. The van der Waals surface area contributed by atoms with Crippen molar-refractivity contribution in [1.82, 2.24) is 14.3 Å². The SMILES string of the molecule is CCCC(=O)NS(=O)(=O)N1CCC(CNC)(c2cccc(F)c2)CC1.COc1ccccc1C=O. The molecule has 0 unspecified atom stereocenters. The van der Waals surface area contributed by atoms with Gasteiger partial charge in [-0.1, -0.05) is 31.2 Å². The minimum atomic E-state index is -3.82. The van der Waals surface area contributed by atoms with Crippen LogP contribution >= 0.6 is 0 Å². The standard InChI is InChI=1S/C17H26FN3O3S.C8H8O2/c1-3-5-16(22)20-25(23,24)21-10-8-17(9-11-21,13-19-2)14-6-4-7-15(18)12-14;1-10-8-5-3-2-4-7(8)6-9/h4,6-7,12,19H,3,5,8-11,13H2,1-2H3,(H,20,22);2-6H,1H3. The number of ether oxygens (including phenoxy) is 1. The van der Waals surface area contributed by atoms with Gasteiger partial charge in [0.25, 0.3) is 0 Å². The van der Waals surface area contributed by atoms with Gasteiger partial charge in [0.1, 0.15) is 11.6 Å². The molecule has 0 saturated carbocycles. The van der Waals surface area contributed by atoms with Gasteiger partial charge in [-0.2, -0.15) is 12.7 Å². The van der Waals surface area contributed by atoms with E-state index in [4.69, 9.17) is 4.74 Å². The van der Waals surface area contributed by atoms with Gasteiger partial charge in [0.15, 0.2) is 6.29 Å². The van der Waals surface area contributed by atoms with Crippen LogP contribution in [0.1, 0.15) is 48.5 Å². The van der Waals surface area contributed by atoms with Crippen molar-refractivity contribution in [3.8, 4) is 5.75 Å². The Bertz CT molecular complexity index is 1090. The molecule has 0 radical (unpaired) electrons. The maximum absolute atomic E-state index is 13.6. The van der Waals surface area contributed by atoms with Gasteiger partial charge in [-0.25, -0.2) is 9.11 Å². The molecule has 192 valence electrons. The summed E-state index contributed by atoms with van der Waals surface area (Å²) in [6.07, 6.45) is 2.66. The molecule has 1 amide bonds. The molecule has 1 heterocycles. The quantitative estimate of drug-likeness (QED) is 0.506. The Morgan fingerprint density at radius 2 is 1.86 bits per heavy atom. The van der Waals surface area contributed by atoms with E-state index in [1.54, 1.807) is 31.4 Å². The number of piperidine rings is 1. The van der Waals surface area contributed by atoms with E-state index in [-0.39, 0.29) is 30.7 Å². The smallest absolute Gasteiger partial charge is 0.303 e. The second-order valence-corrected chi connectivity index (χ2v) is 10.0. The fourth-order valence-electron chi connectivity index (χ4n) is 4.13. The number of nitrogens with one attached hydrogen (secondary N) is 2. The monoisotopic (exact) mass is 507 g/mol. The summed E-state index contributed by atoms with van der Waals surface area (Å²) in [6.45, 7) is 3.02. The second kappa shape index (κ2) is 13.3. The van der Waals surface area contributed by atoms with Gasteiger partial charge in [-0.3, -0.25) is 9.59 Å². The number of benzene rings is 2. The predicted octanol–water partition coefficient (Wildman–Crippen LogP) is 3.05. The van der Waals surface area contributed by atoms with Gasteiger partial charge >= 0.3 is 10.2 Å². The van der Waals surface area contributed by atoms with Crippen LogP contribution in [-0.4, -0.2) is 58.7 Å². The van der Waals surface area contributed by atoms with Gasteiger partial charge in [0, 0.05) is 31.5 Å². The molecule has 1 saturated heterocycles. The van der Waals surface area contributed by atoms with Gasteiger partial charge in [-0.15, -0.1) is 0 Å². The fourth-order valence-corrected chi connectivity index (χ4v) is 5.31. The molecule has 1 aliphatic rings. The topological polar surface area (TPSA) is 105 Å². The van der Waals surface area contributed by atoms with E-state index in [2.05, 4.69) is 10.0 Å². The second-order valence-electron chi connectivity index (χ2n) is 8.36. The van der Waals surface area contributed by atoms with Crippen LogP contribution in [0.2, 0.25) is 0 Å². The first-order valence-corrected chi connectivity index (χ1v) is 12.9. The van der Waals surface area contributed by atoms with E-state index in [9.17, 15) is 22.4 Å². The largest absolute Gasteiger partial charge is 0.496 e. The Hall–Kier alpha value is -2.82. The average molecular weight is 508 g/mol. The summed E-state index contributed by atoms with van der Waals surface area (Å²) in [5.74, 6) is -0.160. The molecule has 3 rings (SSSR count). The molecule has 10 heteroatoms. The lowest BCUT2D eigenvalue weighted by Crippen LogP contribution is -2.52. The summed E-state index contributed by atoms with van der Waals surface area (Å²) in [5.41, 5.74) is 1.13. The molecule has 0 aliphatic carbocycles. The fraction of sp³-hybridized carbons (Fsp3) is 0.440. The number of halogens is 1. The number of nitrogens with zero attached hydrogens (tertiary/aromatic N) is 1. The molecule has 0 spiro atoms. The molecule has 8 nitrogen and oxygen atoms in total. The molecular formula is C25H34FN3O5S. The molecule has 1 aliphatic heterocycles. The Morgan fingerprint density at radius 1 is 1.17 bits per heavy atom. The molecule has 2 aromatic rings. The lowest BCUT2D eigenvalue weighted by molar-refractivity contribution is -0.119. The van der Waals surface area contributed by atoms with E-state index in [0.29, 0.717) is 37.1 Å². The molecular weight excluding hydrogens is 473 g/mol. The van der Waals surface area contributed by atoms with Crippen molar-refractivity contribution in [3.63, 3.8) is 0 Å². The van der Waals surface area contributed by atoms with Crippen LogP contribution in [0.25, 0.3) is 0 Å². The average Bonchev–Trinajstić information content (AvgIpc) is 2.84. The highest BCUT2D eigenvalue weighted by Gasteiger charge is 2.39. The minimum Gasteiger partial charge on any atom is -0.496 e. The van der Waals surface area contributed by atoms with Crippen molar-refractivity contribution < 1.29 is 27.1 Å². The molecule has 0 aromatic heterocycles. The van der Waals surface area contributed by atoms with Gasteiger partial charge in [0.05, 0.1) is 12.7 Å². The van der Waals surface area contributed by atoms with Gasteiger partial charge in [-0.05, 0) is 56.1 Å². The molecule has 1 fully saturated rings. The van der Waals surface area contributed by atoms with Crippen LogP contribution in [0.5, 0.6) is 5.75 Å². The van der Waals surface area contributed by atoms with Gasteiger partial charge < -0.3 is 10.1 Å². The first kappa shape index (κ1) is 28.4. The van der Waals surface area contributed by atoms with Gasteiger partial charge in [0.2, 0.25) is 5.91 Å². The van der Waals surface area contributed by atoms with E-state index in [1.807, 2.05) is 26.1 Å². The number of para-hydroxylation sites is 1. The van der Waals surface area contributed by atoms with E-state index in [1.165, 1.54) is 16.4 Å². The van der Waals surface area contributed by atoms with Crippen LogP contribution in [-0.2, 0) is 20.4 Å². The number of aldehydes is 1. The van der Waals surface area contributed by atoms with Crippen LogP contribution < -0.4 is 14.8 Å². The first-order chi connectivity index (χ1) is 16.7. The van der Waals surface area contributed by atoms with Crippen molar-refractivity contribution in [3.05, 3.63) is 65.5 Å². The van der Waals surface area contributed by atoms with Crippen molar-refractivity contribution in [1.29, 1.82) is 0 Å².